The molecular formula is C16H22BrFN2O2. The fourth-order valence-corrected chi connectivity index (χ4v) is 3.17. The second kappa shape index (κ2) is 6.54. The molecule has 1 amide bonds. The minimum Gasteiger partial charge on any atom is -0.444 e. The van der Waals surface area contributed by atoms with Crippen LogP contribution in [0.3, 0.4) is 0 Å². The first-order valence-corrected chi connectivity index (χ1v) is 8.15. The van der Waals surface area contributed by atoms with E-state index >= 15 is 0 Å². The van der Waals surface area contributed by atoms with E-state index < -0.39 is 5.60 Å². The van der Waals surface area contributed by atoms with Gasteiger partial charge < -0.3 is 15.4 Å². The van der Waals surface area contributed by atoms with Crippen molar-refractivity contribution in [1.82, 2.24) is 4.90 Å². The molecule has 1 aromatic carbocycles. The number of rotatable bonds is 2. The lowest BCUT2D eigenvalue weighted by molar-refractivity contribution is 0.0220. The maximum atomic E-state index is 13.5. The molecule has 1 aromatic rings. The number of nitrogens with zero attached hydrogens (tertiary/aromatic N) is 1. The van der Waals surface area contributed by atoms with Crippen LogP contribution in [-0.4, -0.2) is 35.2 Å². The number of ether oxygens (including phenoxy) is 1. The third-order valence-electron chi connectivity index (χ3n) is 3.59. The van der Waals surface area contributed by atoms with Crippen molar-refractivity contribution in [1.29, 1.82) is 0 Å². The van der Waals surface area contributed by atoms with Crippen molar-refractivity contribution < 1.29 is 13.9 Å². The van der Waals surface area contributed by atoms with E-state index in [2.05, 4.69) is 15.9 Å². The first-order chi connectivity index (χ1) is 10.2. The Hall–Kier alpha value is -1.14. The monoisotopic (exact) mass is 372 g/mol. The van der Waals surface area contributed by atoms with Crippen molar-refractivity contribution in [3.05, 3.63) is 34.1 Å². The van der Waals surface area contributed by atoms with E-state index in [1.807, 2.05) is 26.8 Å². The minimum absolute atomic E-state index is 0.130. The van der Waals surface area contributed by atoms with Gasteiger partial charge in [0.15, 0.2) is 0 Å². The Morgan fingerprint density at radius 2 is 2.14 bits per heavy atom. The molecule has 0 spiro atoms. The quantitative estimate of drug-likeness (QED) is 0.864. The van der Waals surface area contributed by atoms with Gasteiger partial charge in [-0.25, -0.2) is 9.18 Å². The standard InChI is InChI=1S/C16H22BrFN2O2/c1-16(2,3)22-15(21)20-5-4-13(19)14(20)8-10-6-11(17)9-12(18)7-10/h6-7,9,13-14H,4-5,8,19H2,1-3H3/t13-,14-/m1/s1. The number of hydrogen-bond acceptors (Lipinski definition) is 3. The first kappa shape index (κ1) is 17.2. The van der Waals surface area contributed by atoms with Gasteiger partial charge in [-0.3, -0.25) is 0 Å². The summed E-state index contributed by atoms with van der Waals surface area (Å²) in [4.78, 5) is 14.0. The Morgan fingerprint density at radius 3 is 2.73 bits per heavy atom. The lowest BCUT2D eigenvalue weighted by Crippen LogP contribution is -2.46. The zero-order valence-electron chi connectivity index (χ0n) is 13.1. The number of carbonyl (C=O) groups is 1. The molecule has 1 fully saturated rings. The van der Waals surface area contributed by atoms with E-state index in [9.17, 15) is 9.18 Å². The Balaban J connectivity index is 2.14. The fourth-order valence-electron chi connectivity index (χ4n) is 2.66. The van der Waals surface area contributed by atoms with E-state index in [-0.39, 0.29) is 24.0 Å². The number of halogens is 2. The van der Waals surface area contributed by atoms with E-state index in [4.69, 9.17) is 10.5 Å². The van der Waals surface area contributed by atoms with Crippen LogP contribution < -0.4 is 5.73 Å². The van der Waals surface area contributed by atoms with Crippen LogP contribution in [0.1, 0.15) is 32.8 Å². The first-order valence-electron chi connectivity index (χ1n) is 7.36. The van der Waals surface area contributed by atoms with Gasteiger partial charge in [0.25, 0.3) is 0 Å². The SMILES string of the molecule is CC(C)(C)OC(=O)N1CC[C@@H](N)[C@H]1Cc1cc(F)cc(Br)c1. The average Bonchev–Trinajstić information content (AvgIpc) is 2.67. The Kier molecular flexibility index (Phi) is 5.12. The van der Waals surface area contributed by atoms with Crippen LogP contribution in [0, 0.1) is 5.82 Å². The molecule has 1 saturated heterocycles. The summed E-state index contributed by atoms with van der Waals surface area (Å²) >= 11 is 3.28. The van der Waals surface area contributed by atoms with Crippen molar-refractivity contribution in [2.75, 3.05) is 6.54 Å². The number of amides is 1. The van der Waals surface area contributed by atoms with Gasteiger partial charge in [-0.2, -0.15) is 0 Å². The highest BCUT2D eigenvalue weighted by molar-refractivity contribution is 9.10. The van der Waals surface area contributed by atoms with Crippen molar-refractivity contribution in [3.8, 4) is 0 Å². The number of likely N-dealkylation sites (tertiary alicyclic amines) is 1. The summed E-state index contributed by atoms with van der Waals surface area (Å²) < 4.78 is 19.6. The smallest absolute Gasteiger partial charge is 0.410 e. The molecule has 0 radical (unpaired) electrons. The van der Waals surface area contributed by atoms with Crippen LogP contribution in [0.25, 0.3) is 0 Å². The summed E-state index contributed by atoms with van der Waals surface area (Å²) in [5, 5.41) is 0. The minimum atomic E-state index is -0.545. The maximum Gasteiger partial charge on any atom is 0.410 e. The van der Waals surface area contributed by atoms with Gasteiger partial charge in [0.05, 0.1) is 6.04 Å². The molecule has 0 aromatic heterocycles. The molecule has 22 heavy (non-hydrogen) atoms. The topological polar surface area (TPSA) is 55.6 Å². The normalized spacial score (nSPS) is 22.0. The van der Waals surface area contributed by atoms with E-state index in [0.717, 1.165) is 12.0 Å². The molecule has 1 aliphatic rings. The molecule has 1 aliphatic heterocycles. The average molecular weight is 373 g/mol. The molecule has 2 rings (SSSR count). The van der Waals surface area contributed by atoms with Gasteiger partial charge in [-0.1, -0.05) is 15.9 Å². The highest BCUT2D eigenvalue weighted by atomic mass is 79.9. The predicted octanol–water partition coefficient (Wildman–Crippen LogP) is 3.47. The van der Waals surface area contributed by atoms with Crippen molar-refractivity contribution in [2.24, 2.45) is 5.73 Å². The molecule has 0 unspecified atom stereocenters. The number of nitrogens with two attached hydrogens (primary N) is 1. The third-order valence-corrected chi connectivity index (χ3v) is 4.05. The predicted molar refractivity (Wildman–Crippen MR) is 87.1 cm³/mol. The molecule has 1 heterocycles. The second-order valence-corrected chi connectivity index (χ2v) is 7.59. The Labute approximate surface area is 138 Å². The Morgan fingerprint density at radius 1 is 1.45 bits per heavy atom. The third kappa shape index (κ3) is 4.43. The van der Waals surface area contributed by atoms with Crippen LogP contribution >= 0.6 is 15.9 Å². The van der Waals surface area contributed by atoms with Gasteiger partial charge >= 0.3 is 6.09 Å². The van der Waals surface area contributed by atoms with Gasteiger partial charge in [0.1, 0.15) is 11.4 Å². The van der Waals surface area contributed by atoms with Crippen LogP contribution in [0.15, 0.2) is 22.7 Å². The van der Waals surface area contributed by atoms with Crippen molar-refractivity contribution in [2.45, 2.75) is 51.3 Å². The van der Waals surface area contributed by atoms with E-state index in [1.165, 1.54) is 12.1 Å². The lowest BCUT2D eigenvalue weighted by Gasteiger charge is -2.30. The molecule has 4 nitrogen and oxygen atoms in total. The van der Waals surface area contributed by atoms with Gasteiger partial charge in [0, 0.05) is 17.1 Å². The maximum absolute atomic E-state index is 13.5. The highest BCUT2D eigenvalue weighted by Crippen LogP contribution is 2.25. The molecule has 2 N–H and O–H groups in total. The van der Waals surface area contributed by atoms with Gasteiger partial charge in [-0.15, -0.1) is 0 Å². The van der Waals surface area contributed by atoms with E-state index in [1.54, 1.807) is 4.90 Å². The summed E-state index contributed by atoms with van der Waals surface area (Å²) in [5.74, 6) is -0.306. The van der Waals surface area contributed by atoms with E-state index in [0.29, 0.717) is 17.4 Å². The lowest BCUT2D eigenvalue weighted by atomic mass is 10.0. The molecule has 0 saturated carbocycles. The summed E-state index contributed by atoms with van der Waals surface area (Å²) in [5.41, 5.74) is 6.40. The summed E-state index contributed by atoms with van der Waals surface area (Å²) in [6.07, 6.45) is 0.873. The molecule has 0 aliphatic carbocycles. The summed E-state index contributed by atoms with van der Waals surface area (Å²) in [7, 11) is 0. The summed E-state index contributed by atoms with van der Waals surface area (Å²) in [6.45, 7) is 6.07. The molecule has 0 bridgehead atoms. The van der Waals surface area contributed by atoms with Crippen molar-refractivity contribution >= 4 is 22.0 Å². The zero-order valence-corrected chi connectivity index (χ0v) is 14.7. The van der Waals surface area contributed by atoms with Gasteiger partial charge in [0.2, 0.25) is 0 Å². The molecular weight excluding hydrogens is 351 g/mol. The largest absolute Gasteiger partial charge is 0.444 e. The molecule has 2 atom stereocenters. The van der Waals surface area contributed by atoms with Gasteiger partial charge in [-0.05, 0) is 57.4 Å². The fraction of sp³-hybridized carbons (Fsp3) is 0.562. The Bertz CT molecular complexity index is 539. The summed E-state index contributed by atoms with van der Waals surface area (Å²) in [6, 6.07) is 4.42. The number of benzene rings is 1. The van der Waals surface area contributed by atoms with Crippen LogP contribution in [0.4, 0.5) is 9.18 Å². The zero-order chi connectivity index (χ0) is 16.5. The van der Waals surface area contributed by atoms with Crippen molar-refractivity contribution in [3.63, 3.8) is 0 Å². The second-order valence-electron chi connectivity index (χ2n) is 6.68. The van der Waals surface area contributed by atoms with Crippen LogP contribution in [0.2, 0.25) is 0 Å². The number of hydrogen-bond donors (Lipinski definition) is 1. The molecule has 122 valence electrons. The highest BCUT2D eigenvalue weighted by Gasteiger charge is 2.37. The van der Waals surface area contributed by atoms with Crippen LogP contribution in [-0.2, 0) is 11.2 Å². The van der Waals surface area contributed by atoms with Crippen LogP contribution in [0.5, 0.6) is 0 Å². The number of carbonyl (C=O) groups excluding carboxylic acids is 1. The molecule has 6 heteroatoms.